The molecule has 0 spiro atoms. The molecule has 0 unspecified atom stereocenters. The minimum atomic E-state index is 0.616. The maximum absolute atomic E-state index is 10.0. The predicted molar refractivity (Wildman–Crippen MR) is 58.0 cm³/mol. The molecule has 1 heteroatoms. The van der Waals surface area contributed by atoms with Crippen molar-refractivity contribution in [1.82, 2.24) is 0 Å². The Labute approximate surface area is 85.1 Å². The Balaban J connectivity index is 2.63. The van der Waals surface area contributed by atoms with Gasteiger partial charge in [0.05, 0.1) is 0 Å². The first-order chi connectivity index (χ1) is 6.86. The minimum absolute atomic E-state index is 0.616. The summed E-state index contributed by atoms with van der Waals surface area (Å²) in [7, 11) is 0. The first-order valence-electron chi connectivity index (χ1n) is 4.91. The maximum atomic E-state index is 10.0. The molecule has 1 rings (SSSR count). The third-order valence-electron chi connectivity index (χ3n) is 2.05. The van der Waals surface area contributed by atoms with Crippen LogP contribution in [-0.2, 0) is 11.2 Å². The summed E-state index contributed by atoms with van der Waals surface area (Å²) in [6.07, 6.45) is 4.18. The van der Waals surface area contributed by atoms with Crippen molar-refractivity contribution in [2.45, 2.75) is 26.2 Å². The summed E-state index contributed by atoms with van der Waals surface area (Å²) >= 11 is 0. The van der Waals surface area contributed by atoms with Crippen LogP contribution in [0.5, 0.6) is 0 Å². The molecule has 0 atom stereocenters. The zero-order valence-corrected chi connectivity index (χ0v) is 8.42. The van der Waals surface area contributed by atoms with E-state index in [-0.39, 0.29) is 0 Å². The van der Waals surface area contributed by atoms with Crippen LogP contribution in [0.4, 0.5) is 0 Å². The number of unbranched alkanes of at least 4 members (excludes halogenated alkanes) is 1. The van der Waals surface area contributed by atoms with Gasteiger partial charge in [0.1, 0.15) is 0 Å². The Morgan fingerprint density at radius 1 is 1.29 bits per heavy atom. The van der Waals surface area contributed by atoms with Gasteiger partial charge in [-0.15, -0.1) is 0 Å². The van der Waals surface area contributed by atoms with Gasteiger partial charge >= 0.3 is 0 Å². The van der Waals surface area contributed by atoms with Gasteiger partial charge in [-0.2, -0.15) is 0 Å². The quantitative estimate of drug-likeness (QED) is 0.524. The third-order valence-corrected chi connectivity index (χ3v) is 2.05. The number of hydrogen-bond acceptors (Lipinski definition) is 1. The molecule has 1 aromatic rings. The summed E-state index contributed by atoms with van der Waals surface area (Å²) in [5.41, 5.74) is 2.24. The number of aldehydes is 1. The zero-order chi connectivity index (χ0) is 10.2. The first kappa shape index (κ1) is 10.5. The summed E-state index contributed by atoms with van der Waals surface area (Å²) < 4.78 is 0. The molecule has 0 radical (unpaired) electrons. The molecular formula is C13H14O. The van der Waals surface area contributed by atoms with Crippen LogP contribution < -0.4 is 0 Å². The van der Waals surface area contributed by atoms with E-state index in [2.05, 4.69) is 30.9 Å². The fraction of sp³-hybridized carbons (Fsp3) is 0.308. The second-order valence-corrected chi connectivity index (χ2v) is 3.19. The van der Waals surface area contributed by atoms with Crippen molar-refractivity contribution in [2.24, 2.45) is 0 Å². The highest BCUT2D eigenvalue weighted by Crippen LogP contribution is 2.06. The van der Waals surface area contributed by atoms with Crippen molar-refractivity contribution in [3.8, 4) is 11.8 Å². The van der Waals surface area contributed by atoms with E-state index in [1.165, 1.54) is 18.4 Å². The van der Waals surface area contributed by atoms with Crippen molar-refractivity contribution in [3.05, 3.63) is 35.4 Å². The molecule has 1 nitrogen and oxygen atoms in total. The van der Waals surface area contributed by atoms with Gasteiger partial charge in [0.25, 0.3) is 0 Å². The van der Waals surface area contributed by atoms with Crippen molar-refractivity contribution in [1.29, 1.82) is 0 Å². The second kappa shape index (κ2) is 5.99. The van der Waals surface area contributed by atoms with E-state index in [9.17, 15) is 4.79 Å². The highest BCUT2D eigenvalue weighted by molar-refractivity contribution is 5.73. The number of carbonyl (C=O) groups is 1. The average molecular weight is 186 g/mol. The van der Waals surface area contributed by atoms with Gasteiger partial charge in [-0.05, 0) is 36.5 Å². The molecule has 0 saturated carbocycles. The lowest BCUT2D eigenvalue weighted by molar-refractivity contribution is -0.103. The molecule has 0 saturated heterocycles. The second-order valence-electron chi connectivity index (χ2n) is 3.19. The summed E-state index contributed by atoms with van der Waals surface area (Å²) in [6, 6.07) is 8.07. The summed E-state index contributed by atoms with van der Waals surface area (Å²) in [5.74, 6) is 5.16. The maximum Gasteiger partial charge on any atom is 0.193 e. The number of carbonyl (C=O) groups excluding carboxylic acids is 1. The summed E-state index contributed by atoms with van der Waals surface area (Å²) in [6.45, 7) is 2.18. The van der Waals surface area contributed by atoms with Gasteiger partial charge in [0.2, 0.25) is 0 Å². The molecule has 0 aliphatic heterocycles. The summed E-state index contributed by atoms with van der Waals surface area (Å²) in [5, 5.41) is 0. The topological polar surface area (TPSA) is 17.1 Å². The molecule has 0 aliphatic carbocycles. The van der Waals surface area contributed by atoms with E-state index >= 15 is 0 Å². The van der Waals surface area contributed by atoms with Crippen LogP contribution in [0.1, 0.15) is 30.9 Å². The van der Waals surface area contributed by atoms with Crippen molar-refractivity contribution >= 4 is 6.29 Å². The molecule has 0 fully saturated rings. The lowest BCUT2D eigenvalue weighted by Gasteiger charge is -1.98. The summed E-state index contributed by atoms with van der Waals surface area (Å²) in [4.78, 5) is 10.0. The van der Waals surface area contributed by atoms with Gasteiger partial charge in [-0.3, -0.25) is 4.79 Å². The van der Waals surface area contributed by atoms with Gasteiger partial charge in [-0.1, -0.05) is 31.4 Å². The van der Waals surface area contributed by atoms with E-state index in [4.69, 9.17) is 0 Å². The van der Waals surface area contributed by atoms with Crippen molar-refractivity contribution in [2.75, 3.05) is 0 Å². The van der Waals surface area contributed by atoms with E-state index in [0.29, 0.717) is 6.29 Å². The third kappa shape index (κ3) is 3.45. The fourth-order valence-electron chi connectivity index (χ4n) is 1.25. The number of aryl methyl sites for hydroxylation is 1. The monoisotopic (exact) mass is 186 g/mol. The molecule has 1 aromatic carbocycles. The van der Waals surface area contributed by atoms with Crippen molar-refractivity contribution < 1.29 is 4.79 Å². The van der Waals surface area contributed by atoms with E-state index in [1.54, 1.807) is 0 Å². The van der Waals surface area contributed by atoms with Crippen LogP contribution in [-0.4, -0.2) is 6.29 Å². The lowest BCUT2D eigenvalue weighted by Crippen LogP contribution is -1.84. The van der Waals surface area contributed by atoms with Crippen LogP contribution in [0.3, 0.4) is 0 Å². The molecule has 0 bridgehead atoms. The van der Waals surface area contributed by atoms with E-state index in [0.717, 1.165) is 12.0 Å². The Bertz CT molecular complexity index is 338. The molecule has 0 N–H and O–H groups in total. The standard InChI is InChI=1S/C13H14O/c1-2-3-5-12-7-9-13(10-8-12)6-4-11-14/h7-11H,2-3,5H2,1H3. The first-order valence-corrected chi connectivity index (χ1v) is 4.91. The van der Waals surface area contributed by atoms with Crippen LogP contribution in [0.2, 0.25) is 0 Å². The molecule has 0 aliphatic rings. The molecule has 72 valence electrons. The number of rotatable bonds is 3. The molecule has 0 heterocycles. The largest absolute Gasteiger partial charge is 0.289 e. The van der Waals surface area contributed by atoms with Crippen LogP contribution >= 0.6 is 0 Å². The van der Waals surface area contributed by atoms with E-state index < -0.39 is 0 Å². The fourth-order valence-corrected chi connectivity index (χ4v) is 1.25. The molecule has 0 amide bonds. The van der Waals surface area contributed by atoms with Gasteiger partial charge < -0.3 is 0 Å². The van der Waals surface area contributed by atoms with Gasteiger partial charge in [-0.25, -0.2) is 0 Å². The molecular weight excluding hydrogens is 172 g/mol. The van der Waals surface area contributed by atoms with Gasteiger partial charge in [0, 0.05) is 5.56 Å². The highest BCUT2D eigenvalue weighted by Gasteiger charge is 1.91. The van der Waals surface area contributed by atoms with Crippen LogP contribution in [0, 0.1) is 11.8 Å². The lowest BCUT2D eigenvalue weighted by atomic mass is 10.1. The average Bonchev–Trinajstić information content (AvgIpc) is 2.25. The Morgan fingerprint density at radius 3 is 2.57 bits per heavy atom. The number of benzene rings is 1. The van der Waals surface area contributed by atoms with Crippen molar-refractivity contribution in [3.63, 3.8) is 0 Å². The minimum Gasteiger partial charge on any atom is -0.289 e. The Morgan fingerprint density at radius 2 is 2.00 bits per heavy atom. The van der Waals surface area contributed by atoms with E-state index in [1.807, 2.05) is 12.1 Å². The van der Waals surface area contributed by atoms with Crippen LogP contribution in [0.25, 0.3) is 0 Å². The Kier molecular flexibility index (Phi) is 4.50. The SMILES string of the molecule is CCCCc1ccc(C#CC=O)cc1. The highest BCUT2D eigenvalue weighted by atomic mass is 16.1. The number of hydrogen-bond donors (Lipinski definition) is 0. The smallest absolute Gasteiger partial charge is 0.193 e. The predicted octanol–water partition coefficient (Wildman–Crippen LogP) is 2.58. The Hall–Kier alpha value is -1.55. The van der Waals surface area contributed by atoms with Crippen LogP contribution in [0.15, 0.2) is 24.3 Å². The molecule has 14 heavy (non-hydrogen) atoms. The van der Waals surface area contributed by atoms with Gasteiger partial charge in [0.15, 0.2) is 6.29 Å². The molecule has 0 aromatic heterocycles. The normalized spacial score (nSPS) is 8.93. The zero-order valence-electron chi connectivity index (χ0n) is 8.42.